The Morgan fingerprint density at radius 2 is 1.67 bits per heavy atom. The molecular weight excluding hydrogens is 238 g/mol. The first-order valence-corrected chi connectivity index (χ1v) is 7.16. The lowest BCUT2D eigenvalue weighted by molar-refractivity contribution is 0.590. The van der Waals surface area contributed by atoms with Gasteiger partial charge in [-0.3, -0.25) is 0 Å². The van der Waals surface area contributed by atoms with Crippen molar-refractivity contribution in [3.63, 3.8) is 0 Å². The number of hydrogen-bond donors (Lipinski definition) is 1. The summed E-state index contributed by atoms with van der Waals surface area (Å²) in [6.07, 6.45) is 0. The zero-order valence-electron chi connectivity index (χ0n) is 11.6. The van der Waals surface area contributed by atoms with Gasteiger partial charge in [0.25, 0.3) is 0 Å². The van der Waals surface area contributed by atoms with Gasteiger partial charge in [0.05, 0.1) is 0 Å². The van der Waals surface area contributed by atoms with Crippen molar-refractivity contribution in [1.82, 2.24) is 5.32 Å². The molecule has 1 N–H and O–H groups in total. The number of nitrogens with one attached hydrogen (secondary N) is 1. The van der Waals surface area contributed by atoms with Crippen LogP contribution < -0.4 is 5.32 Å². The topological polar surface area (TPSA) is 12.0 Å². The monoisotopic (exact) mass is 259 g/mol. The predicted octanol–water partition coefficient (Wildman–Crippen LogP) is 4.43. The van der Waals surface area contributed by atoms with Crippen LogP contribution in [-0.4, -0.2) is 7.05 Å². The quantitative estimate of drug-likeness (QED) is 0.859. The molecule has 0 fully saturated rings. The smallest absolute Gasteiger partial charge is 0.0346 e. The summed E-state index contributed by atoms with van der Waals surface area (Å²) in [4.78, 5) is 2.73. The molecule has 18 heavy (non-hydrogen) atoms. The van der Waals surface area contributed by atoms with Gasteiger partial charge in [0, 0.05) is 16.3 Å². The number of rotatable bonds is 3. The lowest BCUT2D eigenvalue weighted by atomic mass is 9.86. The normalized spacial score (nSPS) is 11.8. The molecule has 1 aromatic heterocycles. The molecule has 0 unspecified atom stereocenters. The van der Waals surface area contributed by atoms with Crippen molar-refractivity contribution in [2.24, 2.45) is 0 Å². The molecule has 96 valence electrons. The molecule has 1 aromatic carbocycles. The predicted molar refractivity (Wildman–Crippen MR) is 81.2 cm³/mol. The van der Waals surface area contributed by atoms with Gasteiger partial charge in [-0.05, 0) is 35.7 Å². The first kappa shape index (κ1) is 13.3. The van der Waals surface area contributed by atoms with Gasteiger partial charge in [0.15, 0.2) is 0 Å². The van der Waals surface area contributed by atoms with Gasteiger partial charge >= 0.3 is 0 Å². The molecule has 0 aliphatic carbocycles. The molecule has 0 amide bonds. The highest BCUT2D eigenvalue weighted by Crippen LogP contribution is 2.30. The minimum atomic E-state index is 0.227. The van der Waals surface area contributed by atoms with E-state index in [1.165, 1.54) is 20.9 Å². The summed E-state index contributed by atoms with van der Waals surface area (Å²) in [6.45, 7) is 7.69. The maximum atomic E-state index is 3.19. The lowest BCUT2D eigenvalue weighted by Gasteiger charge is -2.18. The van der Waals surface area contributed by atoms with E-state index in [1.54, 1.807) is 0 Å². The second kappa shape index (κ2) is 5.25. The fourth-order valence-electron chi connectivity index (χ4n) is 1.94. The molecule has 1 heterocycles. The molecule has 2 heteroatoms. The Kier molecular flexibility index (Phi) is 3.88. The average molecular weight is 259 g/mol. The third-order valence-corrected chi connectivity index (χ3v) is 4.18. The van der Waals surface area contributed by atoms with Crippen molar-refractivity contribution in [3.8, 4) is 10.4 Å². The van der Waals surface area contributed by atoms with Gasteiger partial charge in [0.2, 0.25) is 0 Å². The van der Waals surface area contributed by atoms with Gasteiger partial charge < -0.3 is 5.32 Å². The fraction of sp³-hybridized carbons (Fsp3) is 0.375. The van der Waals surface area contributed by atoms with Crippen LogP contribution in [0.15, 0.2) is 36.4 Å². The summed E-state index contributed by atoms with van der Waals surface area (Å²) in [5.41, 5.74) is 2.93. The number of thiophene rings is 1. The van der Waals surface area contributed by atoms with Crippen LogP contribution in [0.4, 0.5) is 0 Å². The maximum absolute atomic E-state index is 3.19. The Bertz CT molecular complexity index is 503. The van der Waals surface area contributed by atoms with Crippen LogP contribution in [-0.2, 0) is 12.0 Å². The molecule has 0 bridgehead atoms. The summed E-state index contributed by atoms with van der Waals surface area (Å²) >= 11 is 1.86. The van der Waals surface area contributed by atoms with Crippen molar-refractivity contribution >= 4 is 11.3 Å². The van der Waals surface area contributed by atoms with Gasteiger partial charge in [-0.25, -0.2) is 0 Å². The van der Waals surface area contributed by atoms with E-state index in [9.17, 15) is 0 Å². The van der Waals surface area contributed by atoms with E-state index in [0.717, 1.165) is 6.54 Å². The molecule has 0 aliphatic heterocycles. The van der Waals surface area contributed by atoms with E-state index in [2.05, 4.69) is 62.5 Å². The fourth-order valence-corrected chi connectivity index (χ4v) is 2.96. The van der Waals surface area contributed by atoms with E-state index in [-0.39, 0.29) is 5.41 Å². The summed E-state index contributed by atoms with van der Waals surface area (Å²) in [5.74, 6) is 0. The zero-order valence-corrected chi connectivity index (χ0v) is 12.4. The molecular formula is C16H21NS. The zero-order chi connectivity index (χ0) is 13.2. The Hall–Kier alpha value is -1.12. The lowest BCUT2D eigenvalue weighted by Crippen LogP contribution is -2.10. The molecule has 0 atom stereocenters. The summed E-state index contributed by atoms with van der Waals surface area (Å²) in [5, 5.41) is 3.19. The molecule has 1 nitrogen and oxygen atoms in total. The first-order valence-electron chi connectivity index (χ1n) is 6.35. The van der Waals surface area contributed by atoms with Crippen LogP contribution >= 0.6 is 11.3 Å². The maximum Gasteiger partial charge on any atom is 0.0346 e. The second-order valence-electron chi connectivity index (χ2n) is 5.62. The largest absolute Gasteiger partial charge is 0.315 e. The molecule has 2 rings (SSSR count). The third-order valence-electron chi connectivity index (χ3n) is 3.05. The second-order valence-corrected chi connectivity index (χ2v) is 6.79. The van der Waals surface area contributed by atoms with Crippen LogP contribution in [0.2, 0.25) is 0 Å². The van der Waals surface area contributed by atoms with Crippen LogP contribution in [0.5, 0.6) is 0 Å². The average Bonchev–Trinajstić information content (AvgIpc) is 2.77. The minimum Gasteiger partial charge on any atom is -0.315 e. The number of benzene rings is 1. The van der Waals surface area contributed by atoms with Crippen LogP contribution in [0.25, 0.3) is 10.4 Å². The molecule has 0 radical (unpaired) electrons. The van der Waals surface area contributed by atoms with E-state index in [0.29, 0.717) is 0 Å². The van der Waals surface area contributed by atoms with Crippen LogP contribution in [0, 0.1) is 0 Å². The van der Waals surface area contributed by atoms with E-state index in [1.807, 2.05) is 18.4 Å². The Morgan fingerprint density at radius 1 is 1.00 bits per heavy atom. The summed E-state index contributed by atoms with van der Waals surface area (Å²) in [7, 11) is 1.98. The highest BCUT2D eigenvalue weighted by atomic mass is 32.1. The van der Waals surface area contributed by atoms with Gasteiger partial charge in [-0.2, -0.15) is 0 Å². The standard InChI is InChI=1S/C16H21NS/c1-16(2,3)13-7-5-12(6-8-13)15-10-9-14(18-15)11-17-4/h5-10,17H,11H2,1-4H3. The molecule has 0 aliphatic rings. The first-order chi connectivity index (χ1) is 8.50. The van der Waals surface area contributed by atoms with Crippen molar-refractivity contribution in [3.05, 3.63) is 46.8 Å². The highest BCUT2D eigenvalue weighted by molar-refractivity contribution is 7.15. The summed E-state index contributed by atoms with van der Waals surface area (Å²) in [6, 6.07) is 13.4. The molecule has 0 saturated heterocycles. The highest BCUT2D eigenvalue weighted by Gasteiger charge is 2.13. The molecule has 2 aromatic rings. The minimum absolute atomic E-state index is 0.227. The molecule has 0 spiro atoms. The third kappa shape index (κ3) is 3.01. The van der Waals surface area contributed by atoms with Crippen LogP contribution in [0.3, 0.4) is 0 Å². The van der Waals surface area contributed by atoms with Gasteiger partial charge in [0.1, 0.15) is 0 Å². The summed E-state index contributed by atoms with van der Waals surface area (Å²) < 4.78 is 0. The van der Waals surface area contributed by atoms with Gasteiger partial charge in [-0.1, -0.05) is 45.0 Å². The van der Waals surface area contributed by atoms with Crippen molar-refractivity contribution in [1.29, 1.82) is 0 Å². The Morgan fingerprint density at radius 3 is 2.22 bits per heavy atom. The van der Waals surface area contributed by atoms with Crippen molar-refractivity contribution in [2.75, 3.05) is 7.05 Å². The Balaban J connectivity index is 2.23. The van der Waals surface area contributed by atoms with Crippen molar-refractivity contribution in [2.45, 2.75) is 32.7 Å². The van der Waals surface area contributed by atoms with Crippen molar-refractivity contribution < 1.29 is 0 Å². The number of hydrogen-bond acceptors (Lipinski definition) is 2. The van der Waals surface area contributed by atoms with Crippen LogP contribution in [0.1, 0.15) is 31.2 Å². The molecule has 0 saturated carbocycles. The van der Waals surface area contributed by atoms with E-state index >= 15 is 0 Å². The van der Waals surface area contributed by atoms with Gasteiger partial charge in [-0.15, -0.1) is 11.3 Å². The van der Waals surface area contributed by atoms with E-state index in [4.69, 9.17) is 0 Å². The van der Waals surface area contributed by atoms with E-state index < -0.39 is 0 Å². The Labute approximate surface area is 114 Å². The SMILES string of the molecule is CNCc1ccc(-c2ccc(C(C)(C)C)cc2)s1.